The van der Waals surface area contributed by atoms with E-state index in [4.69, 9.17) is 9.47 Å². The lowest BCUT2D eigenvalue weighted by Gasteiger charge is -2.17. The molecule has 0 aliphatic rings. The number of ether oxygens (including phenoxy) is 2. The van der Waals surface area contributed by atoms with Gasteiger partial charge in [-0.15, -0.1) is 0 Å². The Bertz CT molecular complexity index is 1430. The standard InChI is InChI=1S/C27H34N4O7S/c1-6-19(7-2)25(32)29-20-10-13-22(23(16-20)39(35,36)28-14-15-37-5)38-26-18(4)24(27(33)34)30-31(26)21-11-8-17(3)9-12-21/h8-13,16,19,28H,6-7,14-15H2,1-5H3,(H,29,32)(H,33,34). The molecule has 0 bridgehead atoms. The van der Waals surface area contributed by atoms with Crippen molar-refractivity contribution in [1.82, 2.24) is 14.5 Å². The third-order valence-corrected chi connectivity index (χ3v) is 7.69. The molecular weight excluding hydrogens is 524 g/mol. The van der Waals surface area contributed by atoms with Gasteiger partial charge in [-0.2, -0.15) is 9.78 Å². The number of carbonyl (C=O) groups excluding carboxylic acids is 1. The molecule has 0 unspecified atom stereocenters. The fourth-order valence-electron chi connectivity index (χ4n) is 3.91. The number of aromatic nitrogens is 2. The third-order valence-electron chi connectivity index (χ3n) is 6.21. The summed E-state index contributed by atoms with van der Waals surface area (Å²) in [5.41, 5.74) is 1.78. The average Bonchev–Trinajstić information content (AvgIpc) is 3.22. The molecule has 2 aromatic carbocycles. The fourth-order valence-corrected chi connectivity index (χ4v) is 5.07. The monoisotopic (exact) mass is 558 g/mol. The zero-order chi connectivity index (χ0) is 28.7. The highest BCUT2D eigenvalue weighted by Gasteiger charge is 2.27. The lowest BCUT2D eigenvalue weighted by atomic mass is 10.0. The van der Waals surface area contributed by atoms with Crippen molar-refractivity contribution in [1.29, 1.82) is 0 Å². The largest absolute Gasteiger partial charge is 0.476 e. The van der Waals surface area contributed by atoms with Gasteiger partial charge in [-0.25, -0.2) is 17.9 Å². The maximum absolute atomic E-state index is 13.3. The number of nitrogens with zero attached hydrogens (tertiary/aromatic N) is 2. The quantitative estimate of drug-likeness (QED) is 0.263. The zero-order valence-electron chi connectivity index (χ0n) is 22.6. The molecular formula is C27H34N4O7S. The van der Waals surface area contributed by atoms with Crippen molar-refractivity contribution in [3.05, 3.63) is 59.3 Å². The molecule has 1 heterocycles. The van der Waals surface area contributed by atoms with Crippen LogP contribution >= 0.6 is 0 Å². The minimum atomic E-state index is -4.13. The van der Waals surface area contributed by atoms with E-state index in [2.05, 4.69) is 15.1 Å². The van der Waals surface area contributed by atoms with Crippen molar-refractivity contribution < 1.29 is 32.6 Å². The van der Waals surface area contributed by atoms with Crippen LogP contribution in [0.1, 0.15) is 48.3 Å². The number of rotatable bonds is 13. The van der Waals surface area contributed by atoms with E-state index >= 15 is 0 Å². The lowest BCUT2D eigenvalue weighted by molar-refractivity contribution is -0.120. The number of carboxylic acids is 1. The molecule has 0 radical (unpaired) electrons. The Hall–Kier alpha value is -3.74. The number of carboxylic acid groups (broad SMARTS) is 1. The summed E-state index contributed by atoms with van der Waals surface area (Å²) in [6.45, 7) is 7.41. The number of anilines is 1. The van der Waals surface area contributed by atoms with Crippen LogP contribution in [-0.4, -0.2) is 55.4 Å². The number of nitrogens with one attached hydrogen (secondary N) is 2. The summed E-state index contributed by atoms with van der Waals surface area (Å²) in [5, 5.41) is 16.7. The molecule has 0 saturated carbocycles. The minimum Gasteiger partial charge on any atom is -0.476 e. The molecule has 3 N–H and O–H groups in total. The minimum absolute atomic E-state index is 0.00604. The van der Waals surface area contributed by atoms with E-state index in [0.717, 1.165) is 5.56 Å². The van der Waals surface area contributed by atoms with Crippen molar-refractivity contribution in [3.63, 3.8) is 0 Å². The van der Waals surface area contributed by atoms with Gasteiger partial charge in [0.2, 0.25) is 21.8 Å². The molecule has 0 saturated heterocycles. The highest BCUT2D eigenvalue weighted by atomic mass is 32.2. The predicted octanol–water partition coefficient (Wildman–Crippen LogP) is 4.28. The predicted molar refractivity (Wildman–Crippen MR) is 146 cm³/mol. The molecule has 3 aromatic rings. The number of aromatic carboxylic acids is 1. The van der Waals surface area contributed by atoms with Crippen LogP contribution in [-0.2, 0) is 19.6 Å². The Balaban J connectivity index is 2.12. The average molecular weight is 559 g/mol. The first-order valence-electron chi connectivity index (χ1n) is 12.5. The van der Waals surface area contributed by atoms with Gasteiger partial charge in [0.15, 0.2) is 5.69 Å². The number of hydrogen-bond donors (Lipinski definition) is 3. The van der Waals surface area contributed by atoms with E-state index in [1.807, 2.05) is 32.9 Å². The van der Waals surface area contributed by atoms with Gasteiger partial charge in [-0.05, 0) is 57.0 Å². The number of sulfonamides is 1. The molecule has 39 heavy (non-hydrogen) atoms. The van der Waals surface area contributed by atoms with E-state index in [9.17, 15) is 23.1 Å². The van der Waals surface area contributed by atoms with Crippen molar-refractivity contribution in [3.8, 4) is 17.3 Å². The Morgan fingerprint density at radius 1 is 1.08 bits per heavy atom. The first-order valence-corrected chi connectivity index (χ1v) is 14.0. The molecule has 0 aliphatic heterocycles. The molecule has 1 aromatic heterocycles. The number of benzene rings is 2. The SMILES string of the molecule is CCC(CC)C(=O)Nc1ccc(Oc2c(C)c(C(=O)O)nn2-c2ccc(C)cc2)c(S(=O)(=O)NCCOC)c1. The van der Waals surface area contributed by atoms with Crippen molar-refractivity contribution in [2.75, 3.05) is 25.6 Å². The number of aryl methyl sites for hydroxylation is 1. The second-order valence-corrected chi connectivity index (χ2v) is 10.7. The summed E-state index contributed by atoms with van der Waals surface area (Å²) in [7, 11) is -2.68. The van der Waals surface area contributed by atoms with Crippen molar-refractivity contribution in [2.45, 2.75) is 45.4 Å². The van der Waals surface area contributed by atoms with Crippen LogP contribution < -0.4 is 14.8 Å². The summed E-state index contributed by atoms with van der Waals surface area (Å²) >= 11 is 0. The maximum atomic E-state index is 13.3. The fraction of sp³-hybridized carbons (Fsp3) is 0.370. The van der Waals surface area contributed by atoms with Gasteiger partial charge in [0.05, 0.1) is 12.3 Å². The Labute approximate surface area is 228 Å². The lowest BCUT2D eigenvalue weighted by Crippen LogP contribution is -2.28. The first-order chi connectivity index (χ1) is 18.5. The zero-order valence-corrected chi connectivity index (χ0v) is 23.5. The van der Waals surface area contributed by atoms with Crippen LogP contribution in [0.3, 0.4) is 0 Å². The van der Waals surface area contributed by atoms with E-state index in [1.165, 1.54) is 36.9 Å². The number of amides is 1. The van der Waals surface area contributed by atoms with Crippen LogP contribution in [0.5, 0.6) is 11.6 Å². The van der Waals surface area contributed by atoms with Gasteiger partial charge in [-0.3, -0.25) is 4.79 Å². The van der Waals surface area contributed by atoms with Crippen LogP contribution in [0.25, 0.3) is 5.69 Å². The second-order valence-electron chi connectivity index (χ2n) is 8.99. The normalized spacial score (nSPS) is 11.5. The molecule has 3 rings (SSSR count). The number of carbonyl (C=O) groups is 2. The van der Waals surface area contributed by atoms with Gasteiger partial charge < -0.3 is 19.9 Å². The maximum Gasteiger partial charge on any atom is 0.356 e. The summed E-state index contributed by atoms with van der Waals surface area (Å²) in [6, 6.07) is 11.4. The van der Waals surface area contributed by atoms with Gasteiger partial charge in [0, 0.05) is 30.8 Å². The Kier molecular flexibility index (Phi) is 9.84. The Morgan fingerprint density at radius 3 is 2.33 bits per heavy atom. The van der Waals surface area contributed by atoms with E-state index in [-0.39, 0.29) is 58.4 Å². The van der Waals surface area contributed by atoms with E-state index < -0.39 is 16.0 Å². The molecule has 0 spiro atoms. The van der Waals surface area contributed by atoms with Gasteiger partial charge in [0.1, 0.15) is 10.6 Å². The molecule has 1 amide bonds. The smallest absolute Gasteiger partial charge is 0.356 e. The highest BCUT2D eigenvalue weighted by Crippen LogP contribution is 2.35. The molecule has 210 valence electrons. The van der Waals surface area contributed by atoms with Crippen LogP contribution in [0, 0.1) is 19.8 Å². The van der Waals surface area contributed by atoms with Crippen LogP contribution in [0.4, 0.5) is 5.69 Å². The third kappa shape index (κ3) is 7.02. The van der Waals surface area contributed by atoms with E-state index in [0.29, 0.717) is 18.5 Å². The number of methoxy groups -OCH3 is 1. The van der Waals surface area contributed by atoms with Crippen LogP contribution in [0.15, 0.2) is 47.4 Å². The van der Waals surface area contributed by atoms with Crippen molar-refractivity contribution >= 4 is 27.6 Å². The summed E-state index contributed by atoms with van der Waals surface area (Å²) in [6.07, 6.45) is 1.28. The summed E-state index contributed by atoms with van der Waals surface area (Å²) in [4.78, 5) is 24.3. The van der Waals surface area contributed by atoms with Gasteiger partial charge in [0.25, 0.3) is 0 Å². The van der Waals surface area contributed by atoms with Gasteiger partial charge >= 0.3 is 5.97 Å². The first kappa shape index (κ1) is 29.8. The second kappa shape index (κ2) is 12.9. The Morgan fingerprint density at radius 2 is 1.74 bits per heavy atom. The van der Waals surface area contributed by atoms with Gasteiger partial charge in [-0.1, -0.05) is 31.5 Å². The number of hydrogen-bond acceptors (Lipinski definition) is 7. The molecule has 0 aliphatic carbocycles. The summed E-state index contributed by atoms with van der Waals surface area (Å²) < 4.78 is 41.5. The van der Waals surface area contributed by atoms with Crippen molar-refractivity contribution in [2.24, 2.45) is 5.92 Å². The molecule has 12 heteroatoms. The van der Waals surface area contributed by atoms with Crippen LogP contribution in [0.2, 0.25) is 0 Å². The summed E-state index contributed by atoms with van der Waals surface area (Å²) in [5.74, 6) is -1.73. The van der Waals surface area contributed by atoms with E-state index in [1.54, 1.807) is 12.1 Å². The molecule has 0 fully saturated rings. The molecule has 11 nitrogen and oxygen atoms in total. The highest BCUT2D eigenvalue weighted by molar-refractivity contribution is 7.89. The topological polar surface area (TPSA) is 149 Å². The molecule has 0 atom stereocenters.